The van der Waals surface area contributed by atoms with Crippen LogP contribution in [0.1, 0.15) is 34.6 Å². The third kappa shape index (κ3) is 6.19. The molecule has 116 valence electrons. The maximum Gasteiger partial charge on any atom is 0.334 e. The number of hydrogen-bond acceptors (Lipinski definition) is 4. The van der Waals surface area contributed by atoms with Gasteiger partial charge in [0.15, 0.2) is 0 Å². The molecule has 0 saturated heterocycles. The molecule has 0 aliphatic rings. The molecule has 7 heteroatoms. The summed E-state index contributed by atoms with van der Waals surface area (Å²) in [6.07, 6.45) is 0. The van der Waals surface area contributed by atoms with Crippen LogP contribution < -0.4 is 0 Å². The Bertz CT molecular complexity index is 267. The normalized spacial score (nSPS) is 14.5. The van der Waals surface area contributed by atoms with E-state index in [1.54, 1.807) is 13.1 Å². The molecular weight excluding hydrogens is 292 g/mol. The van der Waals surface area contributed by atoms with Gasteiger partial charge in [-0.25, -0.2) is 0 Å². The molecule has 0 unspecified atom stereocenters. The van der Waals surface area contributed by atoms with E-state index in [1.807, 2.05) is 20.0 Å². The molecule has 1 N–H and O–H groups in total. The molecule has 19 heavy (non-hydrogen) atoms. The van der Waals surface area contributed by atoms with Crippen molar-refractivity contribution in [1.82, 2.24) is 0 Å². The first-order chi connectivity index (χ1) is 8.36. The van der Waals surface area contributed by atoms with Gasteiger partial charge in [0, 0.05) is 6.61 Å². The van der Waals surface area contributed by atoms with Gasteiger partial charge in [-0.2, -0.15) is 0 Å². The van der Waals surface area contributed by atoms with Crippen LogP contribution in [0, 0.1) is 0 Å². The molecule has 0 aromatic heterocycles. The quantitative estimate of drug-likeness (QED) is 0.691. The number of hydrogen-bond donors (Lipinski definition) is 1. The minimum absolute atomic E-state index is 0.353. The summed E-state index contributed by atoms with van der Waals surface area (Å²) in [7, 11) is -7.31. The Morgan fingerprint density at radius 3 is 1.58 bits per heavy atom. The second-order valence-corrected chi connectivity index (χ2v) is 17.9. The first-order valence-corrected chi connectivity index (χ1v) is 14.8. The van der Waals surface area contributed by atoms with E-state index < -0.39 is 25.7 Å². The minimum Gasteiger partial charge on any atom is -0.416 e. The highest BCUT2D eigenvalue weighted by molar-refractivity contribution is 6.85. The van der Waals surface area contributed by atoms with E-state index in [9.17, 15) is 4.80 Å². The predicted octanol–water partition coefficient (Wildman–Crippen LogP) is 3.71. The zero-order valence-electron chi connectivity index (χ0n) is 14.0. The Balaban J connectivity index is 5.20. The van der Waals surface area contributed by atoms with E-state index >= 15 is 0 Å². The van der Waals surface area contributed by atoms with Gasteiger partial charge in [-0.1, -0.05) is 27.7 Å². The van der Waals surface area contributed by atoms with Crippen LogP contribution in [0.5, 0.6) is 0 Å². The molecular formula is C12H32O4Si3. The first kappa shape index (κ1) is 19.5. The fourth-order valence-electron chi connectivity index (χ4n) is 2.50. The monoisotopic (exact) mass is 324 g/mol. The van der Waals surface area contributed by atoms with Crippen LogP contribution in [0.15, 0.2) is 0 Å². The minimum atomic E-state index is -2.58. The van der Waals surface area contributed by atoms with E-state index in [-0.39, 0.29) is 0 Å². The Morgan fingerprint density at radius 1 is 0.895 bits per heavy atom. The highest BCUT2D eigenvalue weighted by Crippen LogP contribution is 2.37. The lowest BCUT2D eigenvalue weighted by Crippen LogP contribution is -2.58. The largest absolute Gasteiger partial charge is 0.416 e. The summed E-state index contributed by atoms with van der Waals surface area (Å²) in [5.74, 6) is 0. The zero-order chi connectivity index (χ0) is 15.5. The van der Waals surface area contributed by atoms with Gasteiger partial charge in [0.05, 0.1) is 0 Å². The molecule has 0 aromatic carbocycles. The summed E-state index contributed by atoms with van der Waals surface area (Å²) in [6.45, 7) is 18.9. The average molecular weight is 325 g/mol. The van der Waals surface area contributed by atoms with Crippen molar-refractivity contribution in [1.29, 1.82) is 0 Å². The molecule has 0 saturated carbocycles. The summed E-state index contributed by atoms with van der Waals surface area (Å²) in [4.78, 5) is 10.0. The molecule has 0 atom stereocenters. The lowest BCUT2D eigenvalue weighted by molar-refractivity contribution is 0.207. The second kappa shape index (κ2) is 6.97. The van der Waals surface area contributed by atoms with E-state index in [0.29, 0.717) is 17.7 Å². The van der Waals surface area contributed by atoms with Crippen molar-refractivity contribution < 1.29 is 17.5 Å². The van der Waals surface area contributed by atoms with Crippen molar-refractivity contribution in [2.45, 2.75) is 71.9 Å². The maximum absolute atomic E-state index is 10.0. The van der Waals surface area contributed by atoms with Crippen LogP contribution >= 0.6 is 0 Å². The number of rotatable bonds is 8. The van der Waals surface area contributed by atoms with Gasteiger partial charge in [-0.3, -0.25) is 0 Å². The molecule has 0 aromatic rings. The molecule has 0 radical (unpaired) electrons. The van der Waals surface area contributed by atoms with Gasteiger partial charge in [0.25, 0.3) is 0 Å². The molecule has 0 amide bonds. The van der Waals surface area contributed by atoms with Gasteiger partial charge in [0.2, 0.25) is 0 Å². The SMILES string of the molecule is CCO[Si](O[Si](C)(C)O[Si](C)(C)O)(C(C)C)C(C)C. The highest BCUT2D eigenvalue weighted by atomic mass is 28.5. The van der Waals surface area contributed by atoms with Crippen LogP contribution in [0.2, 0.25) is 37.3 Å². The van der Waals surface area contributed by atoms with E-state index in [4.69, 9.17) is 12.7 Å². The smallest absolute Gasteiger partial charge is 0.334 e. The van der Waals surface area contributed by atoms with Crippen molar-refractivity contribution in [2.24, 2.45) is 0 Å². The van der Waals surface area contributed by atoms with Crippen LogP contribution in [0.25, 0.3) is 0 Å². The van der Waals surface area contributed by atoms with Gasteiger partial charge in [-0.05, 0) is 44.2 Å². The summed E-state index contributed by atoms with van der Waals surface area (Å²) < 4.78 is 18.5. The van der Waals surface area contributed by atoms with E-state index in [0.717, 1.165) is 0 Å². The lowest BCUT2D eigenvalue weighted by Gasteiger charge is -2.43. The summed E-state index contributed by atoms with van der Waals surface area (Å²) in [5.41, 5.74) is 0.706. The lowest BCUT2D eigenvalue weighted by atomic mass is 10.5. The van der Waals surface area contributed by atoms with Crippen molar-refractivity contribution in [3.05, 3.63) is 0 Å². The molecule has 4 nitrogen and oxygen atoms in total. The molecule has 0 aliphatic carbocycles. The fourth-order valence-corrected chi connectivity index (χ4v) is 15.5. The van der Waals surface area contributed by atoms with Crippen LogP contribution in [0.4, 0.5) is 0 Å². The van der Waals surface area contributed by atoms with Crippen molar-refractivity contribution >= 4 is 25.7 Å². The van der Waals surface area contributed by atoms with Crippen molar-refractivity contribution in [3.63, 3.8) is 0 Å². The van der Waals surface area contributed by atoms with Crippen LogP contribution in [-0.4, -0.2) is 37.1 Å². The summed E-state index contributed by atoms with van der Waals surface area (Å²) >= 11 is 0. The van der Waals surface area contributed by atoms with Gasteiger partial charge in [0.1, 0.15) is 0 Å². The Kier molecular flexibility index (Phi) is 7.15. The Hall–Kier alpha value is 0.491. The molecule has 0 heterocycles. The van der Waals surface area contributed by atoms with Gasteiger partial charge in [-0.15, -0.1) is 0 Å². The Morgan fingerprint density at radius 2 is 1.32 bits per heavy atom. The van der Waals surface area contributed by atoms with E-state index in [2.05, 4.69) is 27.7 Å². The van der Waals surface area contributed by atoms with E-state index in [1.165, 1.54) is 0 Å². The third-order valence-electron chi connectivity index (χ3n) is 2.88. The summed E-state index contributed by atoms with van der Waals surface area (Å²) in [6, 6.07) is 0. The molecule has 0 rings (SSSR count). The van der Waals surface area contributed by atoms with Crippen molar-refractivity contribution in [2.75, 3.05) is 6.61 Å². The highest BCUT2D eigenvalue weighted by Gasteiger charge is 2.50. The second-order valence-electron chi connectivity index (χ2n) is 6.51. The topological polar surface area (TPSA) is 47.9 Å². The van der Waals surface area contributed by atoms with Gasteiger partial charge < -0.3 is 17.5 Å². The molecule has 0 spiro atoms. The molecule has 0 aliphatic heterocycles. The van der Waals surface area contributed by atoms with Gasteiger partial charge >= 0.3 is 25.7 Å². The average Bonchev–Trinajstić information content (AvgIpc) is 2.11. The third-order valence-corrected chi connectivity index (χ3v) is 14.0. The predicted molar refractivity (Wildman–Crippen MR) is 86.9 cm³/mol. The van der Waals surface area contributed by atoms with Crippen LogP contribution in [0.3, 0.4) is 0 Å². The standard InChI is InChI=1S/C12H32O4Si3/c1-10-14-19(11(2)3,12(4)5)16-18(8,9)15-17(6,7)13/h11-13H,10H2,1-9H3. The molecule has 0 fully saturated rings. The summed E-state index contributed by atoms with van der Waals surface area (Å²) in [5, 5.41) is 0. The fraction of sp³-hybridized carbons (Fsp3) is 1.00. The maximum atomic E-state index is 10.0. The molecule has 0 bridgehead atoms. The first-order valence-electron chi connectivity index (χ1n) is 7.13. The zero-order valence-corrected chi connectivity index (χ0v) is 17.0. The van der Waals surface area contributed by atoms with Crippen molar-refractivity contribution in [3.8, 4) is 0 Å². The Labute approximate surface area is 122 Å². The van der Waals surface area contributed by atoms with Crippen LogP contribution in [-0.2, 0) is 12.7 Å².